The summed E-state index contributed by atoms with van der Waals surface area (Å²) in [6, 6.07) is 0. The van der Waals surface area contributed by atoms with E-state index in [1.54, 1.807) is 0 Å². The van der Waals surface area contributed by atoms with Crippen molar-refractivity contribution in [1.29, 1.82) is 0 Å². The van der Waals surface area contributed by atoms with Crippen LogP contribution in [0.15, 0.2) is 6.20 Å². The molecule has 0 unspecified atom stereocenters. The van der Waals surface area contributed by atoms with E-state index in [9.17, 15) is 9.18 Å². The van der Waals surface area contributed by atoms with Gasteiger partial charge in [0.25, 0.3) is 9.67 Å². The lowest BCUT2D eigenvalue weighted by molar-refractivity contribution is -0.104. The second kappa shape index (κ2) is 4.85. The molecule has 72 valence electrons. The number of nitrogens with zero attached hydrogens (tertiary/aromatic N) is 2. The molecule has 1 rings (SSSR count). The van der Waals surface area contributed by atoms with Crippen LogP contribution in [-0.2, 0) is 4.79 Å². The highest BCUT2D eigenvalue weighted by atomic mass is 127. The van der Waals surface area contributed by atoms with E-state index in [0.717, 1.165) is 6.20 Å². The molecule has 0 saturated carbocycles. The molecule has 0 saturated heterocycles. The third kappa shape index (κ3) is 2.92. The number of carbonyl (C=O) groups excluding carboxylic acids is 1. The summed E-state index contributed by atoms with van der Waals surface area (Å²) in [6.07, 6.45) is 0.938. The average molecular weight is 306 g/mol. The van der Waals surface area contributed by atoms with Crippen molar-refractivity contribution in [3.8, 4) is 17.7 Å². The topological polar surface area (TPSA) is 52.1 Å². The van der Waals surface area contributed by atoms with Crippen molar-refractivity contribution in [1.82, 2.24) is 9.97 Å². The number of rotatable bonds is 1. The number of ether oxygens (including phenoxy) is 1. The van der Waals surface area contributed by atoms with Crippen LogP contribution >= 0.6 is 22.6 Å². The molecule has 0 aliphatic carbocycles. The van der Waals surface area contributed by atoms with Crippen LogP contribution in [0.1, 0.15) is 5.82 Å². The van der Waals surface area contributed by atoms with Gasteiger partial charge in [-0.2, -0.15) is 9.37 Å². The number of carbonyl (C=O) groups is 1. The first-order chi connectivity index (χ1) is 6.63. The van der Waals surface area contributed by atoms with Crippen LogP contribution in [0.5, 0.6) is 5.88 Å². The summed E-state index contributed by atoms with van der Waals surface area (Å²) in [4.78, 5) is 17.7. The van der Waals surface area contributed by atoms with Gasteiger partial charge in [0.15, 0.2) is 0 Å². The van der Waals surface area contributed by atoms with Crippen molar-refractivity contribution >= 4 is 26.4 Å². The average Bonchev–Trinajstić information content (AvgIpc) is 2.16. The largest absolute Gasteiger partial charge is 0.479 e. The second-order valence-corrected chi connectivity index (χ2v) is 3.05. The second-order valence-electron chi connectivity index (χ2n) is 2.07. The summed E-state index contributed by atoms with van der Waals surface area (Å²) in [5.74, 6) is 3.79. The molecule has 0 radical (unpaired) electrons. The Hall–Kier alpha value is -1.23. The third-order valence-corrected chi connectivity index (χ3v) is 1.45. The van der Waals surface area contributed by atoms with E-state index in [-0.39, 0.29) is 15.5 Å². The Morgan fingerprint density at radius 2 is 2.43 bits per heavy atom. The van der Waals surface area contributed by atoms with Crippen molar-refractivity contribution in [2.24, 2.45) is 0 Å². The zero-order valence-corrected chi connectivity index (χ0v) is 9.20. The van der Waals surface area contributed by atoms with Gasteiger partial charge in [-0.3, -0.25) is 4.79 Å². The van der Waals surface area contributed by atoms with Gasteiger partial charge in [0.1, 0.15) is 0 Å². The van der Waals surface area contributed by atoms with Crippen LogP contribution in [0.4, 0.5) is 4.39 Å². The number of aromatic nitrogens is 2. The fourth-order valence-corrected chi connectivity index (χ4v) is 0.795. The van der Waals surface area contributed by atoms with Gasteiger partial charge < -0.3 is 4.74 Å². The van der Waals surface area contributed by atoms with Crippen LogP contribution in [0, 0.1) is 17.7 Å². The number of hydrogen-bond donors (Lipinski definition) is 0. The lowest BCUT2D eigenvalue weighted by Gasteiger charge is -1.98. The standard InChI is InChI=1S/C8H4FIN2O2/c1-14-8-5(9)4-11-7(12-8)3-2-6(10)13/h4H,1H3. The Balaban J connectivity index is 3.03. The molecule has 4 nitrogen and oxygen atoms in total. The smallest absolute Gasteiger partial charge is 0.265 e. The van der Waals surface area contributed by atoms with E-state index < -0.39 is 5.82 Å². The van der Waals surface area contributed by atoms with Crippen LogP contribution in [0.25, 0.3) is 0 Å². The molecule has 1 aromatic heterocycles. The maximum Gasteiger partial charge on any atom is 0.265 e. The molecule has 0 aromatic carbocycles. The molecule has 1 aromatic rings. The monoisotopic (exact) mass is 306 g/mol. The Morgan fingerprint density at radius 3 is 3.00 bits per heavy atom. The number of halogens is 2. The molecule has 0 fully saturated rings. The molecular formula is C8H4FIN2O2. The fraction of sp³-hybridized carbons (Fsp3) is 0.125. The molecule has 1 heterocycles. The molecule has 0 bridgehead atoms. The third-order valence-electron chi connectivity index (χ3n) is 1.18. The van der Waals surface area contributed by atoms with E-state index in [0.29, 0.717) is 0 Å². The van der Waals surface area contributed by atoms with E-state index in [2.05, 4.69) is 26.5 Å². The Kier molecular flexibility index (Phi) is 3.76. The Labute approximate surface area is 93.0 Å². The first-order valence-electron chi connectivity index (χ1n) is 3.41. The minimum absolute atomic E-state index is 0.0493. The summed E-state index contributed by atoms with van der Waals surface area (Å²) in [7, 11) is 1.28. The summed E-state index contributed by atoms with van der Waals surface area (Å²) < 4.78 is 17.1. The van der Waals surface area contributed by atoms with Gasteiger partial charge in [0.05, 0.1) is 13.3 Å². The predicted molar refractivity (Wildman–Crippen MR) is 54.4 cm³/mol. The zero-order valence-electron chi connectivity index (χ0n) is 7.04. The Bertz CT molecular complexity index is 425. The van der Waals surface area contributed by atoms with Gasteiger partial charge in [-0.05, 0) is 11.8 Å². The minimum atomic E-state index is -0.668. The molecule has 0 N–H and O–H groups in total. The molecule has 0 spiro atoms. The van der Waals surface area contributed by atoms with Gasteiger partial charge >= 0.3 is 0 Å². The van der Waals surface area contributed by atoms with Crippen molar-refractivity contribution in [2.75, 3.05) is 7.11 Å². The van der Waals surface area contributed by atoms with Gasteiger partial charge in [-0.25, -0.2) is 4.98 Å². The van der Waals surface area contributed by atoms with Crippen LogP contribution in [0.3, 0.4) is 0 Å². The highest BCUT2D eigenvalue weighted by Crippen LogP contribution is 2.10. The van der Waals surface area contributed by atoms with Crippen molar-refractivity contribution < 1.29 is 13.9 Å². The van der Waals surface area contributed by atoms with Gasteiger partial charge in [-0.15, -0.1) is 0 Å². The number of hydrogen-bond acceptors (Lipinski definition) is 4. The van der Waals surface area contributed by atoms with E-state index >= 15 is 0 Å². The van der Waals surface area contributed by atoms with Gasteiger partial charge in [0.2, 0.25) is 11.6 Å². The maximum atomic E-state index is 12.8. The SMILES string of the molecule is COc1nc(C#CC(=O)I)ncc1F. The molecule has 0 atom stereocenters. The quantitative estimate of drug-likeness (QED) is 0.440. The summed E-state index contributed by atoms with van der Waals surface area (Å²) >= 11 is 1.52. The highest BCUT2D eigenvalue weighted by molar-refractivity contribution is 14.1. The molecule has 0 aliphatic heterocycles. The fourth-order valence-electron chi connectivity index (χ4n) is 0.660. The minimum Gasteiger partial charge on any atom is -0.479 e. The van der Waals surface area contributed by atoms with Crippen LogP contribution in [0.2, 0.25) is 0 Å². The van der Waals surface area contributed by atoms with Crippen molar-refractivity contribution in [3.63, 3.8) is 0 Å². The van der Waals surface area contributed by atoms with Crippen molar-refractivity contribution in [2.45, 2.75) is 0 Å². The summed E-state index contributed by atoms with van der Waals surface area (Å²) in [5.41, 5.74) is 0. The molecular weight excluding hydrogens is 302 g/mol. The van der Waals surface area contributed by atoms with Crippen LogP contribution < -0.4 is 4.74 Å². The first kappa shape index (κ1) is 10.8. The maximum absolute atomic E-state index is 12.8. The van der Waals surface area contributed by atoms with Crippen LogP contribution in [-0.4, -0.2) is 20.9 Å². The Morgan fingerprint density at radius 1 is 1.71 bits per heavy atom. The zero-order chi connectivity index (χ0) is 10.6. The molecule has 0 aliphatic rings. The molecule has 14 heavy (non-hydrogen) atoms. The summed E-state index contributed by atoms with van der Waals surface area (Å²) in [6.45, 7) is 0. The lowest BCUT2D eigenvalue weighted by atomic mass is 10.5. The van der Waals surface area contributed by atoms with E-state index in [1.165, 1.54) is 29.7 Å². The van der Waals surface area contributed by atoms with E-state index in [1.807, 2.05) is 0 Å². The summed E-state index contributed by atoms with van der Waals surface area (Å²) in [5, 5.41) is 0. The normalized spacial score (nSPS) is 8.79. The molecule has 0 amide bonds. The van der Waals surface area contributed by atoms with Gasteiger partial charge in [-0.1, -0.05) is 0 Å². The van der Waals surface area contributed by atoms with Gasteiger partial charge in [0, 0.05) is 22.6 Å². The van der Waals surface area contributed by atoms with Crippen molar-refractivity contribution in [3.05, 3.63) is 17.8 Å². The lowest BCUT2D eigenvalue weighted by Crippen LogP contribution is -1.97. The van der Waals surface area contributed by atoms with E-state index in [4.69, 9.17) is 0 Å². The predicted octanol–water partition coefficient (Wildman–Crippen LogP) is 0.937. The molecule has 6 heteroatoms. The highest BCUT2D eigenvalue weighted by Gasteiger charge is 2.04. The number of methoxy groups -OCH3 is 1. The first-order valence-corrected chi connectivity index (χ1v) is 4.49.